The molecule has 0 spiro atoms. The van der Waals surface area contributed by atoms with Crippen LogP contribution in [0.15, 0.2) is 66.7 Å². The number of benzene rings is 2. The number of hydrogen-bond acceptors (Lipinski definition) is 3. The maximum Gasteiger partial charge on any atom is 0.223 e. The molecule has 0 radical (unpaired) electrons. The molecule has 0 aliphatic carbocycles. The van der Waals surface area contributed by atoms with Gasteiger partial charge in [-0.1, -0.05) is 60.7 Å². The van der Waals surface area contributed by atoms with Crippen molar-refractivity contribution >= 4 is 11.7 Å². The number of piperazine rings is 1. The van der Waals surface area contributed by atoms with Gasteiger partial charge in [0.15, 0.2) is 5.78 Å². The molecular formula is C28H33N3O2. The molecular weight excluding hydrogens is 410 g/mol. The van der Waals surface area contributed by atoms with Gasteiger partial charge >= 0.3 is 0 Å². The maximum absolute atomic E-state index is 13.2. The summed E-state index contributed by atoms with van der Waals surface area (Å²) in [6, 6.07) is 22.5. The molecule has 2 heterocycles. The topological polar surface area (TPSA) is 45.6 Å². The van der Waals surface area contributed by atoms with Crippen LogP contribution in [0.1, 0.15) is 45.2 Å². The average Bonchev–Trinajstić information content (AvgIpc) is 3.11. The Kier molecular flexibility index (Phi) is 7.09. The van der Waals surface area contributed by atoms with Crippen molar-refractivity contribution in [3.05, 3.63) is 94.8 Å². The van der Waals surface area contributed by atoms with Gasteiger partial charge in [0, 0.05) is 62.5 Å². The van der Waals surface area contributed by atoms with Crippen LogP contribution in [-0.2, 0) is 11.8 Å². The van der Waals surface area contributed by atoms with Gasteiger partial charge in [0.2, 0.25) is 5.91 Å². The third kappa shape index (κ3) is 5.25. The van der Waals surface area contributed by atoms with Crippen LogP contribution in [0, 0.1) is 13.8 Å². The van der Waals surface area contributed by atoms with Crippen molar-refractivity contribution in [2.75, 3.05) is 32.7 Å². The van der Waals surface area contributed by atoms with Gasteiger partial charge in [-0.05, 0) is 31.0 Å². The summed E-state index contributed by atoms with van der Waals surface area (Å²) in [7, 11) is 1.99. The van der Waals surface area contributed by atoms with Crippen LogP contribution in [0.3, 0.4) is 0 Å². The molecule has 5 heteroatoms. The summed E-state index contributed by atoms with van der Waals surface area (Å²) in [6.45, 7) is 7.19. The number of Topliss-reactive ketones (excluding diaryl/α,β-unsaturated/α-hetero) is 1. The zero-order valence-corrected chi connectivity index (χ0v) is 19.8. The van der Waals surface area contributed by atoms with E-state index >= 15 is 0 Å². The first-order chi connectivity index (χ1) is 15.9. The lowest BCUT2D eigenvalue weighted by Crippen LogP contribution is -2.50. The molecule has 0 atom stereocenters. The number of aryl methyl sites for hydroxylation is 1. The number of carbonyl (C=O) groups excluding carboxylic acids is 2. The Balaban J connectivity index is 1.36. The average molecular weight is 444 g/mol. The van der Waals surface area contributed by atoms with Gasteiger partial charge in [-0.3, -0.25) is 14.5 Å². The highest BCUT2D eigenvalue weighted by atomic mass is 16.2. The first-order valence-electron chi connectivity index (χ1n) is 11.7. The van der Waals surface area contributed by atoms with Crippen molar-refractivity contribution in [2.24, 2.45) is 7.05 Å². The van der Waals surface area contributed by atoms with Gasteiger partial charge < -0.3 is 9.47 Å². The van der Waals surface area contributed by atoms with E-state index in [1.807, 2.05) is 68.3 Å². The van der Waals surface area contributed by atoms with Gasteiger partial charge in [-0.2, -0.15) is 0 Å². The Hall–Kier alpha value is -3.18. The van der Waals surface area contributed by atoms with Gasteiger partial charge in [-0.25, -0.2) is 0 Å². The van der Waals surface area contributed by atoms with Crippen LogP contribution in [0.4, 0.5) is 0 Å². The summed E-state index contributed by atoms with van der Waals surface area (Å²) in [5.41, 5.74) is 5.24. The number of aromatic nitrogens is 1. The molecule has 0 bridgehead atoms. The minimum Gasteiger partial charge on any atom is -0.351 e. The maximum atomic E-state index is 13.2. The van der Waals surface area contributed by atoms with Crippen molar-refractivity contribution in [1.82, 2.24) is 14.4 Å². The lowest BCUT2D eigenvalue weighted by Gasteiger charge is -2.35. The Morgan fingerprint density at radius 1 is 0.848 bits per heavy atom. The van der Waals surface area contributed by atoms with Crippen molar-refractivity contribution in [2.45, 2.75) is 26.2 Å². The summed E-state index contributed by atoms with van der Waals surface area (Å²) in [6.07, 6.45) is 0.454. The Morgan fingerprint density at radius 3 is 1.88 bits per heavy atom. The summed E-state index contributed by atoms with van der Waals surface area (Å²) in [5, 5.41) is 0. The molecule has 33 heavy (non-hydrogen) atoms. The molecule has 1 aliphatic heterocycles. The molecule has 2 aromatic carbocycles. The Bertz CT molecular complexity index is 1060. The summed E-state index contributed by atoms with van der Waals surface area (Å²) < 4.78 is 2.06. The highest BCUT2D eigenvalue weighted by Gasteiger charge is 2.26. The fraction of sp³-hybridized carbons (Fsp3) is 0.357. The van der Waals surface area contributed by atoms with E-state index in [1.54, 1.807) is 0 Å². The van der Waals surface area contributed by atoms with Crippen molar-refractivity contribution < 1.29 is 9.59 Å². The van der Waals surface area contributed by atoms with E-state index in [0.717, 1.165) is 41.2 Å². The molecule has 1 aliphatic rings. The number of amides is 1. The second-order valence-electron chi connectivity index (χ2n) is 9.00. The fourth-order valence-corrected chi connectivity index (χ4v) is 4.68. The van der Waals surface area contributed by atoms with Crippen molar-refractivity contribution in [3.8, 4) is 0 Å². The first kappa shape index (κ1) is 23.0. The lowest BCUT2D eigenvalue weighted by atomic mass is 9.88. The number of ketones is 1. The zero-order valence-electron chi connectivity index (χ0n) is 19.8. The number of rotatable bonds is 7. The molecule has 4 rings (SSSR count). The standard InChI is InChI=1S/C28H33N3O2/c1-21-18-25(22(2)29(21)3)27(32)20-30-14-16-31(17-15-30)28(33)19-26(23-10-6-4-7-11-23)24-12-8-5-9-13-24/h4-13,18,26H,14-17,19-20H2,1-3H3. The zero-order chi connectivity index (χ0) is 23.4. The minimum absolute atomic E-state index is 0.0452. The summed E-state index contributed by atoms with van der Waals surface area (Å²) in [4.78, 5) is 30.2. The molecule has 0 unspecified atom stereocenters. The molecule has 5 nitrogen and oxygen atoms in total. The van der Waals surface area contributed by atoms with Crippen LogP contribution in [0.2, 0.25) is 0 Å². The van der Waals surface area contributed by atoms with Crippen molar-refractivity contribution in [3.63, 3.8) is 0 Å². The van der Waals surface area contributed by atoms with Crippen LogP contribution in [-0.4, -0.2) is 58.8 Å². The first-order valence-corrected chi connectivity index (χ1v) is 11.7. The normalized spacial score (nSPS) is 14.6. The second-order valence-corrected chi connectivity index (χ2v) is 9.00. The molecule has 172 valence electrons. The fourth-order valence-electron chi connectivity index (χ4n) is 4.68. The molecule has 1 amide bonds. The van der Waals surface area contributed by atoms with Gasteiger partial charge in [0.1, 0.15) is 0 Å². The van der Waals surface area contributed by atoms with E-state index in [9.17, 15) is 9.59 Å². The second kappa shape index (κ2) is 10.2. The van der Waals surface area contributed by atoms with Gasteiger partial charge in [0.25, 0.3) is 0 Å². The number of nitrogens with zero attached hydrogens (tertiary/aromatic N) is 3. The lowest BCUT2D eigenvalue weighted by molar-refractivity contribution is -0.133. The molecule has 0 N–H and O–H groups in total. The van der Waals surface area contributed by atoms with Crippen LogP contribution < -0.4 is 0 Å². The predicted octanol–water partition coefficient (Wildman–Crippen LogP) is 4.19. The highest BCUT2D eigenvalue weighted by Crippen LogP contribution is 2.28. The van der Waals surface area contributed by atoms with Crippen LogP contribution in [0.5, 0.6) is 0 Å². The van der Waals surface area contributed by atoms with E-state index in [0.29, 0.717) is 26.1 Å². The highest BCUT2D eigenvalue weighted by molar-refractivity contribution is 5.99. The van der Waals surface area contributed by atoms with E-state index < -0.39 is 0 Å². The molecule has 1 saturated heterocycles. The monoisotopic (exact) mass is 443 g/mol. The molecule has 1 fully saturated rings. The van der Waals surface area contributed by atoms with E-state index in [1.165, 1.54) is 0 Å². The molecule has 3 aromatic rings. The third-order valence-corrected chi connectivity index (χ3v) is 6.95. The third-order valence-electron chi connectivity index (χ3n) is 6.95. The summed E-state index contributed by atoms with van der Waals surface area (Å²) in [5.74, 6) is 0.376. The number of carbonyl (C=O) groups is 2. The van der Waals surface area contributed by atoms with Gasteiger partial charge in [0.05, 0.1) is 6.54 Å². The smallest absolute Gasteiger partial charge is 0.223 e. The van der Waals surface area contributed by atoms with Crippen molar-refractivity contribution in [1.29, 1.82) is 0 Å². The Labute approximate surface area is 196 Å². The number of hydrogen-bond donors (Lipinski definition) is 0. The largest absolute Gasteiger partial charge is 0.351 e. The summed E-state index contributed by atoms with van der Waals surface area (Å²) >= 11 is 0. The molecule has 0 saturated carbocycles. The van der Waals surface area contributed by atoms with Crippen LogP contribution in [0.25, 0.3) is 0 Å². The Morgan fingerprint density at radius 2 is 1.39 bits per heavy atom. The predicted molar refractivity (Wildman–Crippen MR) is 132 cm³/mol. The van der Waals surface area contributed by atoms with Crippen LogP contribution >= 0.6 is 0 Å². The SMILES string of the molecule is Cc1cc(C(=O)CN2CCN(C(=O)CC(c3ccccc3)c3ccccc3)CC2)c(C)n1C. The van der Waals surface area contributed by atoms with E-state index in [4.69, 9.17) is 0 Å². The van der Waals surface area contributed by atoms with E-state index in [2.05, 4.69) is 33.7 Å². The quantitative estimate of drug-likeness (QED) is 0.515. The van der Waals surface area contributed by atoms with Gasteiger partial charge in [-0.15, -0.1) is 0 Å². The van der Waals surface area contributed by atoms with E-state index in [-0.39, 0.29) is 17.6 Å². The molecule has 1 aromatic heterocycles. The minimum atomic E-state index is 0.0452.